The van der Waals surface area contributed by atoms with Gasteiger partial charge in [-0.05, 0) is 38.8 Å². The minimum atomic E-state index is 0.724. The molecule has 1 aromatic rings. The lowest BCUT2D eigenvalue weighted by Crippen LogP contribution is -2.32. The minimum Gasteiger partial charge on any atom is -0.316 e. The van der Waals surface area contributed by atoms with Crippen molar-refractivity contribution in [3.63, 3.8) is 0 Å². The molecule has 16 heavy (non-hydrogen) atoms. The molecule has 1 aromatic heterocycles. The average molecular weight is 237 g/mol. The van der Waals surface area contributed by atoms with Crippen molar-refractivity contribution in [1.82, 2.24) is 15.2 Å². The lowest BCUT2D eigenvalue weighted by molar-refractivity contribution is 0.233. The molecule has 4 heteroatoms. The van der Waals surface area contributed by atoms with Gasteiger partial charge in [0.2, 0.25) is 0 Å². The van der Waals surface area contributed by atoms with Gasteiger partial charge in [0.15, 0.2) is 0 Å². The summed E-state index contributed by atoms with van der Waals surface area (Å²) < 4.78 is 0. The molecule has 0 aromatic carbocycles. The number of nitrogens with zero attached hydrogens (tertiary/aromatic N) is 2. The maximum Gasteiger partial charge on any atom is 0.0897 e. The van der Waals surface area contributed by atoms with Crippen molar-refractivity contribution in [1.29, 1.82) is 0 Å². The quantitative estimate of drug-likeness (QED) is 0.845. The number of rotatable bonds is 2. The number of fused-ring (bicyclic) bond motifs is 1. The zero-order valence-electron chi connectivity index (χ0n) is 9.94. The number of aryl methyl sites for hydroxylation is 1. The van der Waals surface area contributed by atoms with Crippen LogP contribution in [0.5, 0.6) is 0 Å². The summed E-state index contributed by atoms with van der Waals surface area (Å²) in [6, 6.07) is 0.724. The third kappa shape index (κ3) is 1.79. The fourth-order valence-corrected chi connectivity index (χ4v) is 3.96. The fraction of sp³-hybridized carbons (Fsp3) is 0.750. The molecule has 0 amide bonds. The highest BCUT2D eigenvalue weighted by atomic mass is 32.1. The molecule has 88 valence electrons. The van der Waals surface area contributed by atoms with Crippen LogP contribution in [0.1, 0.15) is 16.8 Å². The van der Waals surface area contributed by atoms with Crippen LogP contribution in [0.15, 0.2) is 6.20 Å². The predicted octanol–water partition coefficient (Wildman–Crippen LogP) is 1.49. The molecule has 3 heterocycles. The molecule has 0 radical (unpaired) electrons. The van der Waals surface area contributed by atoms with Crippen LogP contribution in [0.4, 0.5) is 0 Å². The van der Waals surface area contributed by atoms with Gasteiger partial charge in [0, 0.05) is 30.2 Å². The summed E-state index contributed by atoms with van der Waals surface area (Å²) >= 11 is 1.84. The zero-order chi connectivity index (χ0) is 11.1. The van der Waals surface area contributed by atoms with Crippen molar-refractivity contribution >= 4 is 11.3 Å². The molecule has 2 aliphatic heterocycles. The van der Waals surface area contributed by atoms with Crippen LogP contribution in [0, 0.1) is 18.8 Å². The van der Waals surface area contributed by atoms with E-state index in [9.17, 15) is 0 Å². The van der Waals surface area contributed by atoms with E-state index in [1.807, 2.05) is 17.5 Å². The van der Waals surface area contributed by atoms with Gasteiger partial charge in [0.1, 0.15) is 0 Å². The molecule has 0 spiro atoms. The summed E-state index contributed by atoms with van der Waals surface area (Å²) in [5, 5.41) is 4.69. The van der Waals surface area contributed by atoms with Gasteiger partial charge in [-0.15, -0.1) is 11.3 Å². The predicted molar refractivity (Wildman–Crippen MR) is 66.6 cm³/mol. The monoisotopic (exact) mass is 237 g/mol. The molecule has 1 N–H and O–H groups in total. The third-order valence-corrected chi connectivity index (χ3v) is 4.98. The molecular weight excluding hydrogens is 218 g/mol. The number of likely N-dealkylation sites (tertiary alicyclic amines) is 1. The molecule has 2 saturated heterocycles. The van der Waals surface area contributed by atoms with Crippen LogP contribution in [0.2, 0.25) is 0 Å². The molecule has 2 aliphatic rings. The largest absolute Gasteiger partial charge is 0.316 e. The van der Waals surface area contributed by atoms with E-state index in [0.29, 0.717) is 0 Å². The second-order valence-corrected chi connectivity index (χ2v) is 6.42. The average Bonchev–Trinajstić information content (AvgIpc) is 2.90. The first-order valence-electron chi connectivity index (χ1n) is 6.10. The fourth-order valence-electron chi connectivity index (χ4n) is 3.14. The van der Waals surface area contributed by atoms with Crippen LogP contribution in [-0.4, -0.2) is 35.6 Å². The van der Waals surface area contributed by atoms with Gasteiger partial charge in [-0.25, -0.2) is 4.98 Å². The Morgan fingerprint density at radius 1 is 1.56 bits per heavy atom. The molecule has 0 saturated carbocycles. The number of thiazole rings is 1. The summed E-state index contributed by atoms with van der Waals surface area (Å²) in [7, 11) is 0. The zero-order valence-corrected chi connectivity index (χ0v) is 10.8. The van der Waals surface area contributed by atoms with E-state index >= 15 is 0 Å². The molecule has 0 aliphatic carbocycles. The van der Waals surface area contributed by atoms with Crippen molar-refractivity contribution < 1.29 is 0 Å². The minimum absolute atomic E-state index is 0.724. The summed E-state index contributed by atoms with van der Waals surface area (Å²) in [5.74, 6) is 1.75. The van der Waals surface area contributed by atoms with Crippen LogP contribution in [0.3, 0.4) is 0 Å². The number of nitrogens with one attached hydrogen (secondary N) is 1. The maximum absolute atomic E-state index is 4.34. The Balaban J connectivity index is 1.68. The van der Waals surface area contributed by atoms with E-state index in [1.54, 1.807) is 0 Å². The van der Waals surface area contributed by atoms with E-state index in [1.165, 1.54) is 29.5 Å². The molecular formula is C12H19N3S. The smallest absolute Gasteiger partial charge is 0.0897 e. The number of hydrogen-bond donors (Lipinski definition) is 1. The Morgan fingerprint density at radius 3 is 3.12 bits per heavy atom. The van der Waals surface area contributed by atoms with Crippen LogP contribution < -0.4 is 5.32 Å². The lowest BCUT2D eigenvalue weighted by Gasteiger charge is -2.23. The van der Waals surface area contributed by atoms with E-state index in [0.717, 1.165) is 24.4 Å². The van der Waals surface area contributed by atoms with Gasteiger partial charge in [0.05, 0.1) is 5.01 Å². The number of hydrogen-bond acceptors (Lipinski definition) is 4. The van der Waals surface area contributed by atoms with Crippen molar-refractivity contribution in [2.75, 3.05) is 19.6 Å². The first-order chi connectivity index (χ1) is 7.74. The second kappa shape index (κ2) is 4.09. The van der Waals surface area contributed by atoms with Crippen molar-refractivity contribution in [2.24, 2.45) is 11.8 Å². The van der Waals surface area contributed by atoms with Crippen molar-refractivity contribution in [3.05, 3.63) is 16.1 Å². The molecule has 0 bridgehead atoms. The van der Waals surface area contributed by atoms with Crippen LogP contribution in [0.25, 0.3) is 0 Å². The van der Waals surface area contributed by atoms with Gasteiger partial charge >= 0.3 is 0 Å². The summed E-state index contributed by atoms with van der Waals surface area (Å²) in [6.45, 7) is 9.25. The SMILES string of the molecule is Cc1ncc(CN2CC3CNCC3C2C)s1. The highest BCUT2D eigenvalue weighted by Crippen LogP contribution is 2.33. The van der Waals surface area contributed by atoms with E-state index in [2.05, 4.69) is 29.0 Å². The highest BCUT2D eigenvalue weighted by Gasteiger charge is 2.41. The van der Waals surface area contributed by atoms with Crippen molar-refractivity contribution in [2.45, 2.75) is 26.4 Å². The normalized spacial score (nSPS) is 34.5. The summed E-state index contributed by atoms with van der Waals surface area (Å²) in [5.41, 5.74) is 0. The van der Waals surface area contributed by atoms with Gasteiger partial charge in [-0.1, -0.05) is 0 Å². The summed E-state index contributed by atoms with van der Waals surface area (Å²) in [4.78, 5) is 8.38. The van der Waals surface area contributed by atoms with E-state index in [4.69, 9.17) is 0 Å². The molecule has 3 rings (SSSR count). The standard InChI is InChI=1S/C12H19N3S/c1-8-12-5-13-3-10(12)6-15(8)7-11-4-14-9(2)16-11/h4,8,10,12-13H,3,5-7H2,1-2H3. The Labute approximate surface area is 101 Å². The van der Waals surface area contributed by atoms with Gasteiger partial charge in [-0.2, -0.15) is 0 Å². The molecule has 3 nitrogen and oxygen atoms in total. The Bertz CT molecular complexity index is 376. The lowest BCUT2D eigenvalue weighted by atomic mass is 9.95. The van der Waals surface area contributed by atoms with Crippen molar-refractivity contribution in [3.8, 4) is 0 Å². The Kier molecular flexibility index (Phi) is 2.73. The highest BCUT2D eigenvalue weighted by molar-refractivity contribution is 7.11. The third-order valence-electron chi connectivity index (χ3n) is 4.08. The van der Waals surface area contributed by atoms with E-state index in [-0.39, 0.29) is 0 Å². The number of aromatic nitrogens is 1. The van der Waals surface area contributed by atoms with Crippen LogP contribution >= 0.6 is 11.3 Å². The topological polar surface area (TPSA) is 28.2 Å². The summed E-state index contributed by atoms with van der Waals surface area (Å²) in [6.07, 6.45) is 2.04. The van der Waals surface area contributed by atoms with Crippen LogP contribution in [-0.2, 0) is 6.54 Å². The maximum atomic E-state index is 4.34. The first-order valence-corrected chi connectivity index (χ1v) is 6.92. The van der Waals surface area contributed by atoms with E-state index < -0.39 is 0 Å². The Morgan fingerprint density at radius 2 is 2.44 bits per heavy atom. The molecule has 3 unspecified atom stereocenters. The Hall–Kier alpha value is -0.450. The second-order valence-electron chi connectivity index (χ2n) is 5.10. The van der Waals surface area contributed by atoms with Gasteiger partial charge in [-0.3, -0.25) is 4.90 Å². The molecule has 2 fully saturated rings. The molecule has 3 atom stereocenters. The van der Waals surface area contributed by atoms with Gasteiger partial charge in [0.25, 0.3) is 0 Å². The first kappa shape index (κ1) is 10.7. The van der Waals surface area contributed by atoms with Gasteiger partial charge < -0.3 is 5.32 Å².